The Hall–Kier alpha value is -2.62. The fraction of sp³-hybridized carbons (Fsp3) is 0.222. The molecule has 4 nitrogen and oxygen atoms in total. The number of anilines is 1. The Bertz CT molecular complexity index is 820. The predicted molar refractivity (Wildman–Crippen MR) is 88.9 cm³/mol. The maximum absolute atomic E-state index is 12.1. The van der Waals surface area contributed by atoms with E-state index in [4.69, 9.17) is 0 Å². The fourth-order valence-corrected chi connectivity index (χ4v) is 2.58. The smallest absolute Gasteiger partial charge is 0.226 e. The first-order chi connectivity index (χ1) is 10.6. The molecule has 0 radical (unpaired) electrons. The van der Waals surface area contributed by atoms with Gasteiger partial charge < -0.3 is 9.88 Å². The number of nitrogens with one attached hydrogen (secondary N) is 1. The van der Waals surface area contributed by atoms with Crippen molar-refractivity contribution in [1.82, 2.24) is 9.55 Å². The molecule has 3 aromatic rings. The van der Waals surface area contributed by atoms with Gasteiger partial charge in [0.05, 0.1) is 17.4 Å². The molecule has 0 fully saturated rings. The summed E-state index contributed by atoms with van der Waals surface area (Å²) >= 11 is 0. The van der Waals surface area contributed by atoms with Crippen LogP contribution in [0.1, 0.15) is 17.5 Å². The minimum absolute atomic E-state index is 0.0183. The number of carbonyl (C=O) groups is 1. The molecule has 0 spiro atoms. The highest BCUT2D eigenvalue weighted by Gasteiger charge is 2.07. The standard InChI is InChI=1S/C18H19N3O/c1-13-7-8-15(14(2)11-13)20-18(22)9-10-21-12-19-16-5-3-4-6-17(16)21/h3-8,11-12H,9-10H2,1-2H3,(H,20,22). The molecular weight excluding hydrogens is 274 g/mol. The number of fused-ring (bicyclic) bond motifs is 1. The molecule has 0 atom stereocenters. The lowest BCUT2D eigenvalue weighted by Gasteiger charge is -2.09. The fourth-order valence-electron chi connectivity index (χ4n) is 2.58. The van der Waals surface area contributed by atoms with E-state index in [1.54, 1.807) is 6.33 Å². The predicted octanol–water partition coefficient (Wildman–Crippen LogP) is 3.68. The SMILES string of the molecule is Cc1ccc(NC(=O)CCn2cnc3ccccc32)c(C)c1. The molecule has 2 aromatic carbocycles. The van der Waals surface area contributed by atoms with Gasteiger partial charge in [-0.15, -0.1) is 0 Å². The zero-order chi connectivity index (χ0) is 15.5. The van der Waals surface area contributed by atoms with Gasteiger partial charge in [-0.25, -0.2) is 4.98 Å². The van der Waals surface area contributed by atoms with Crippen LogP contribution >= 0.6 is 0 Å². The van der Waals surface area contributed by atoms with Gasteiger partial charge in [0.2, 0.25) is 5.91 Å². The molecule has 1 amide bonds. The lowest BCUT2D eigenvalue weighted by molar-refractivity contribution is -0.116. The largest absolute Gasteiger partial charge is 0.330 e. The van der Waals surface area contributed by atoms with Crippen LogP contribution in [-0.2, 0) is 11.3 Å². The van der Waals surface area contributed by atoms with Gasteiger partial charge in [0.25, 0.3) is 0 Å². The minimum Gasteiger partial charge on any atom is -0.330 e. The summed E-state index contributed by atoms with van der Waals surface area (Å²) in [7, 11) is 0. The van der Waals surface area contributed by atoms with E-state index in [0.717, 1.165) is 22.3 Å². The Labute approximate surface area is 129 Å². The lowest BCUT2D eigenvalue weighted by atomic mass is 10.1. The number of imidazole rings is 1. The Morgan fingerprint density at radius 2 is 2.00 bits per heavy atom. The second kappa shape index (κ2) is 6.02. The molecule has 112 valence electrons. The van der Waals surface area contributed by atoms with Gasteiger partial charge in [0.1, 0.15) is 0 Å². The Morgan fingerprint density at radius 3 is 2.82 bits per heavy atom. The first-order valence-corrected chi connectivity index (χ1v) is 7.40. The molecule has 0 saturated heterocycles. The van der Waals surface area contributed by atoms with E-state index in [2.05, 4.69) is 16.4 Å². The van der Waals surface area contributed by atoms with Crippen molar-refractivity contribution in [3.05, 3.63) is 59.9 Å². The first-order valence-electron chi connectivity index (χ1n) is 7.40. The highest BCUT2D eigenvalue weighted by Crippen LogP contribution is 2.17. The second-order valence-corrected chi connectivity index (χ2v) is 5.54. The van der Waals surface area contributed by atoms with Gasteiger partial charge in [-0.2, -0.15) is 0 Å². The van der Waals surface area contributed by atoms with Crippen LogP contribution in [0.2, 0.25) is 0 Å². The molecule has 22 heavy (non-hydrogen) atoms. The number of hydrogen-bond donors (Lipinski definition) is 1. The molecular formula is C18H19N3O. The number of amides is 1. The number of hydrogen-bond acceptors (Lipinski definition) is 2. The summed E-state index contributed by atoms with van der Waals surface area (Å²) in [6, 6.07) is 14.0. The number of benzene rings is 2. The van der Waals surface area contributed by atoms with Crippen LogP contribution in [-0.4, -0.2) is 15.5 Å². The molecule has 4 heteroatoms. The summed E-state index contributed by atoms with van der Waals surface area (Å²) < 4.78 is 2.01. The highest BCUT2D eigenvalue weighted by atomic mass is 16.1. The van der Waals surface area contributed by atoms with Crippen LogP contribution in [0, 0.1) is 13.8 Å². The molecule has 3 rings (SSSR count). The van der Waals surface area contributed by atoms with Gasteiger partial charge >= 0.3 is 0 Å². The van der Waals surface area contributed by atoms with Crippen molar-refractivity contribution < 1.29 is 4.79 Å². The summed E-state index contributed by atoms with van der Waals surface area (Å²) in [4.78, 5) is 16.5. The Balaban J connectivity index is 1.65. The van der Waals surface area contributed by atoms with E-state index >= 15 is 0 Å². The van der Waals surface area contributed by atoms with Crippen molar-refractivity contribution in [3.63, 3.8) is 0 Å². The molecule has 0 aliphatic carbocycles. The summed E-state index contributed by atoms with van der Waals surface area (Å²) in [6.45, 7) is 4.67. The van der Waals surface area contributed by atoms with Gasteiger partial charge in [-0.3, -0.25) is 4.79 Å². The maximum Gasteiger partial charge on any atom is 0.226 e. The number of rotatable bonds is 4. The van der Waals surface area contributed by atoms with Gasteiger partial charge in [-0.05, 0) is 37.6 Å². The summed E-state index contributed by atoms with van der Waals surface area (Å²) in [5.74, 6) is 0.0183. The number of aromatic nitrogens is 2. The third kappa shape index (κ3) is 3.01. The summed E-state index contributed by atoms with van der Waals surface area (Å²) in [6.07, 6.45) is 2.21. The number of para-hydroxylation sites is 2. The quantitative estimate of drug-likeness (QED) is 0.797. The highest BCUT2D eigenvalue weighted by molar-refractivity contribution is 5.91. The normalized spacial score (nSPS) is 10.8. The van der Waals surface area contributed by atoms with Crippen LogP contribution in [0.3, 0.4) is 0 Å². The van der Waals surface area contributed by atoms with Crippen LogP contribution < -0.4 is 5.32 Å². The van der Waals surface area contributed by atoms with Gasteiger partial charge in [0.15, 0.2) is 0 Å². The zero-order valence-electron chi connectivity index (χ0n) is 12.8. The molecule has 0 unspecified atom stereocenters. The third-order valence-corrected chi connectivity index (χ3v) is 3.76. The van der Waals surface area contributed by atoms with Crippen molar-refractivity contribution in [2.75, 3.05) is 5.32 Å². The van der Waals surface area contributed by atoms with E-state index in [0.29, 0.717) is 13.0 Å². The van der Waals surface area contributed by atoms with E-state index in [-0.39, 0.29) is 5.91 Å². The average Bonchev–Trinajstić information content (AvgIpc) is 2.91. The molecule has 1 aromatic heterocycles. The Morgan fingerprint density at radius 1 is 1.18 bits per heavy atom. The molecule has 0 aliphatic rings. The van der Waals surface area contributed by atoms with Gasteiger partial charge in [0, 0.05) is 18.7 Å². The molecule has 1 N–H and O–H groups in total. The monoisotopic (exact) mass is 293 g/mol. The maximum atomic E-state index is 12.1. The molecule has 0 bridgehead atoms. The Kier molecular flexibility index (Phi) is 3.92. The number of carbonyl (C=O) groups excluding carboxylic acids is 1. The van der Waals surface area contributed by atoms with Crippen LogP contribution in [0.15, 0.2) is 48.8 Å². The topological polar surface area (TPSA) is 46.9 Å². The number of aryl methyl sites for hydroxylation is 3. The summed E-state index contributed by atoms with van der Waals surface area (Å²) in [5.41, 5.74) is 5.17. The third-order valence-electron chi connectivity index (χ3n) is 3.76. The molecule has 0 saturated carbocycles. The zero-order valence-corrected chi connectivity index (χ0v) is 12.8. The van der Waals surface area contributed by atoms with Crippen LogP contribution in [0.5, 0.6) is 0 Å². The van der Waals surface area contributed by atoms with E-state index in [1.807, 2.05) is 54.8 Å². The van der Waals surface area contributed by atoms with Crippen LogP contribution in [0.25, 0.3) is 11.0 Å². The summed E-state index contributed by atoms with van der Waals surface area (Å²) in [5, 5.41) is 2.98. The first kappa shape index (κ1) is 14.3. The second-order valence-electron chi connectivity index (χ2n) is 5.54. The van der Waals surface area contributed by atoms with Gasteiger partial charge in [-0.1, -0.05) is 29.8 Å². The lowest BCUT2D eigenvalue weighted by Crippen LogP contribution is -2.15. The number of nitrogens with zero attached hydrogens (tertiary/aromatic N) is 2. The van der Waals surface area contributed by atoms with Crippen molar-refractivity contribution >= 4 is 22.6 Å². The van der Waals surface area contributed by atoms with Crippen molar-refractivity contribution in [2.24, 2.45) is 0 Å². The molecule has 1 heterocycles. The minimum atomic E-state index is 0.0183. The van der Waals surface area contributed by atoms with Crippen molar-refractivity contribution in [1.29, 1.82) is 0 Å². The molecule has 0 aliphatic heterocycles. The van der Waals surface area contributed by atoms with E-state index < -0.39 is 0 Å². The van der Waals surface area contributed by atoms with E-state index in [1.165, 1.54) is 5.56 Å². The average molecular weight is 293 g/mol. The van der Waals surface area contributed by atoms with Crippen LogP contribution in [0.4, 0.5) is 5.69 Å². The van der Waals surface area contributed by atoms with E-state index in [9.17, 15) is 4.79 Å². The van der Waals surface area contributed by atoms with Crippen molar-refractivity contribution in [3.8, 4) is 0 Å². The van der Waals surface area contributed by atoms with Crippen molar-refractivity contribution in [2.45, 2.75) is 26.8 Å².